The molecule has 1 aromatic carbocycles. The van der Waals surface area contributed by atoms with Crippen LogP contribution >= 0.6 is 24.0 Å². The number of rotatable bonds is 9. The fraction of sp³-hybridized carbons (Fsp3) is 0.500. The van der Waals surface area contributed by atoms with E-state index in [2.05, 4.69) is 68.6 Å². The molecule has 1 aromatic heterocycles. The Morgan fingerprint density at radius 1 is 1.09 bits per heavy atom. The summed E-state index contributed by atoms with van der Waals surface area (Å²) in [7, 11) is 3.97. The number of likely N-dealkylation sites (N-methyl/N-ethyl adjacent to an activating group) is 1. The van der Waals surface area contributed by atoms with Gasteiger partial charge < -0.3 is 25.2 Å². The van der Waals surface area contributed by atoms with E-state index >= 15 is 0 Å². The number of piperazine rings is 1. The number of nitrogens with zero attached hydrogens (tertiary/aromatic N) is 4. The minimum atomic E-state index is 0. The zero-order valence-corrected chi connectivity index (χ0v) is 21.8. The molecule has 2 heterocycles. The third kappa shape index (κ3) is 8.91. The van der Waals surface area contributed by atoms with Crippen molar-refractivity contribution in [2.45, 2.75) is 20.1 Å². The second-order valence-electron chi connectivity index (χ2n) is 8.23. The summed E-state index contributed by atoms with van der Waals surface area (Å²) in [4.78, 5) is 13.6. The van der Waals surface area contributed by atoms with Crippen LogP contribution in [0.15, 0.2) is 53.7 Å². The third-order valence-corrected chi connectivity index (χ3v) is 5.45. The van der Waals surface area contributed by atoms with E-state index in [0.29, 0.717) is 25.7 Å². The molecule has 1 atom stereocenters. The van der Waals surface area contributed by atoms with Gasteiger partial charge in [-0.1, -0.05) is 37.3 Å². The molecular formula is C24H37IN6O. The Kier molecular flexibility index (Phi) is 11.8. The standard InChI is InChI=1S/C24H36N6O.HI/c1-20(18-31-19-21-7-5-4-6-8-21)16-27-24(25-2)28-17-22-9-10-26-23(15-22)30-13-11-29(3)12-14-30;/h4-10,15,20H,11-14,16-19H2,1-3H3,(H2,25,27,28);1H. The first kappa shape index (κ1) is 26.3. The van der Waals surface area contributed by atoms with Crippen molar-refractivity contribution in [3.05, 3.63) is 59.8 Å². The van der Waals surface area contributed by atoms with Crippen LogP contribution in [0.2, 0.25) is 0 Å². The monoisotopic (exact) mass is 552 g/mol. The lowest BCUT2D eigenvalue weighted by Gasteiger charge is -2.33. The Morgan fingerprint density at radius 2 is 1.84 bits per heavy atom. The van der Waals surface area contributed by atoms with E-state index in [1.807, 2.05) is 24.4 Å². The fourth-order valence-corrected chi connectivity index (χ4v) is 3.47. The number of guanidine groups is 1. The van der Waals surface area contributed by atoms with E-state index in [1.165, 1.54) is 11.1 Å². The second kappa shape index (κ2) is 14.3. The fourth-order valence-electron chi connectivity index (χ4n) is 3.47. The molecule has 3 rings (SSSR count). The van der Waals surface area contributed by atoms with Gasteiger partial charge in [-0.2, -0.15) is 0 Å². The van der Waals surface area contributed by atoms with Crippen molar-refractivity contribution in [2.75, 3.05) is 58.3 Å². The Balaban J connectivity index is 0.00000363. The molecule has 1 aliphatic rings. The summed E-state index contributed by atoms with van der Waals surface area (Å²) in [5.74, 6) is 2.24. The highest BCUT2D eigenvalue weighted by Gasteiger charge is 2.15. The number of halogens is 1. The van der Waals surface area contributed by atoms with Gasteiger partial charge in [0.15, 0.2) is 5.96 Å². The zero-order valence-electron chi connectivity index (χ0n) is 19.5. The quantitative estimate of drug-likeness (QED) is 0.284. The van der Waals surface area contributed by atoms with Gasteiger partial charge in [0.25, 0.3) is 0 Å². The van der Waals surface area contributed by atoms with Crippen LogP contribution in [0.3, 0.4) is 0 Å². The molecule has 0 bridgehead atoms. The van der Waals surface area contributed by atoms with Crippen molar-refractivity contribution < 1.29 is 4.74 Å². The van der Waals surface area contributed by atoms with Gasteiger partial charge in [0, 0.05) is 52.5 Å². The number of hydrogen-bond donors (Lipinski definition) is 2. The smallest absolute Gasteiger partial charge is 0.191 e. The number of pyridine rings is 1. The van der Waals surface area contributed by atoms with Crippen LogP contribution in [0.1, 0.15) is 18.1 Å². The van der Waals surface area contributed by atoms with Crippen LogP contribution in [0.5, 0.6) is 0 Å². The van der Waals surface area contributed by atoms with Crippen molar-refractivity contribution in [3.8, 4) is 0 Å². The topological polar surface area (TPSA) is 65.0 Å². The van der Waals surface area contributed by atoms with Crippen molar-refractivity contribution in [1.82, 2.24) is 20.5 Å². The normalized spacial score (nSPS) is 15.7. The number of hydrogen-bond acceptors (Lipinski definition) is 5. The van der Waals surface area contributed by atoms with Crippen molar-refractivity contribution >= 4 is 35.8 Å². The second-order valence-corrected chi connectivity index (χ2v) is 8.23. The minimum Gasteiger partial charge on any atom is -0.376 e. The molecule has 176 valence electrons. The Morgan fingerprint density at radius 3 is 2.56 bits per heavy atom. The first-order valence-corrected chi connectivity index (χ1v) is 11.1. The van der Waals surface area contributed by atoms with E-state index < -0.39 is 0 Å². The van der Waals surface area contributed by atoms with E-state index in [9.17, 15) is 0 Å². The van der Waals surface area contributed by atoms with E-state index in [1.54, 1.807) is 7.05 Å². The number of aromatic nitrogens is 1. The van der Waals surface area contributed by atoms with E-state index in [4.69, 9.17) is 4.74 Å². The van der Waals surface area contributed by atoms with Crippen molar-refractivity contribution in [1.29, 1.82) is 0 Å². The first-order valence-electron chi connectivity index (χ1n) is 11.1. The summed E-state index contributed by atoms with van der Waals surface area (Å²) in [6, 6.07) is 14.5. The van der Waals surface area contributed by atoms with Gasteiger partial charge in [-0.3, -0.25) is 4.99 Å². The molecule has 1 saturated heterocycles. The number of nitrogens with one attached hydrogen (secondary N) is 2. The molecule has 1 aliphatic heterocycles. The van der Waals surface area contributed by atoms with Crippen molar-refractivity contribution in [2.24, 2.45) is 10.9 Å². The van der Waals surface area contributed by atoms with Gasteiger partial charge in [0.2, 0.25) is 0 Å². The molecule has 1 fully saturated rings. The molecule has 8 heteroatoms. The highest BCUT2D eigenvalue weighted by atomic mass is 127. The summed E-state index contributed by atoms with van der Waals surface area (Å²) in [6.07, 6.45) is 1.90. The molecule has 0 saturated carbocycles. The summed E-state index contributed by atoms with van der Waals surface area (Å²) >= 11 is 0. The summed E-state index contributed by atoms with van der Waals surface area (Å²) in [6.45, 7) is 9.24. The average Bonchev–Trinajstić information content (AvgIpc) is 2.80. The molecule has 7 nitrogen and oxygen atoms in total. The van der Waals surface area contributed by atoms with Gasteiger partial charge >= 0.3 is 0 Å². The van der Waals surface area contributed by atoms with Crippen LogP contribution in [0.25, 0.3) is 0 Å². The lowest BCUT2D eigenvalue weighted by Crippen LogP contribution is -2.44. The van der Waals surface area contributed by atoms with Crippen LogP contribution in [0.4, 0.5) is 5.82 Å². The number of anilines is 1. The van der Waals surface area contributed by atoms with Crippen molar-refractivity contribution in [3.63, 3.8) is 0 Å². The third-order valence-electron chi connectivity index (χ3n) is 5.45. The maximum absolute atomic E-state index is 5.84. The molecule has 2 aromatic rings. The van der Waals surface area contributed by atoms with Gasteiger partial charge in [0.05, 0.1) is 13.2 Å². The molecule has 2 N–H and O–H groups in total. The van der Waals surface area contributed by atoms with Gasteiger partial charge in [-0.05, 0) is 36.2 Å². The molecule has 0 aliphatic carbocycles. The molecule has 0 radical (unpaired) electrons. The highest BCUT2D eigenvalue weighted by molar-refractivity contribution is 14.0. The zero-order chi connectivity index (χ0) is 21.9. The number of benzene rings is 1. The van der Waals surface area contributed by atoms with E-state index in [0.717, 1.165) is 44.5 Å². The largest absolute Gasteiger partial charge is 0.376 e. The Hall–Kier alpha value is -1.91. The van der Waals surface area contributed by atoms with Gasteiger partial charge in [-0.15, -0.1) is 24.0 Å². The lowest BCUT2D eigenvalue weighted by molar-refractivity contribution is 0.0931. The summed E-state index contributed by atoms with van der Waals surface area (Å²) < 4.78 is 5.84. The molecular weight excluding hydrogens is 515 g/mol. The molecule has 32 heavy (non-hydrogen) atoms. The molecule has 1 unspecified atom stereocenters. The van der Waals surface area contributed by atoms with Gasteiger partial charge in [0.1, 0.15) is 5.82 Å². The molecule has 0 amide bonds. The number of aliphatic imine (C=N–C) groups is 1. The Labute approximate surface area is 209 Å². The minimum absolute atomic E-state index is 0. The number of ether oxygens (including phenoxy) is 1. The van der Waals surface area contributed by atoms with E-state index in [-0.39, 0.29) is 24.0 Å². The average molecular weight is 553 g/mol. The predicted octanol–water partition coefficient (Wildman–Crippen LogP) is 2.97. The Bertz CT molecular complexity index is 811. The van der Waals surface area contributed by atoms with Gasteiger partial charge in [-0.25, -0.2) is 4.98 Å². The van der Waals surface area contributed by atoms with Crippen LogP contribution in [-0.4, -0.2) is 69.3 Å². The van der Waals surface area contributed by atoms with Crippen LogP contribution in [0, 0.1) is 5.92 Å². The lowest BCUT2D eigenvalue weighted by atomic mass is 10.2. The maximum Gasteiger partial charge on any atom is 0.191 e. The first-order chi connectivity index (χ1) is 15.1. The summed E-state index contributed by atoms with van der Waals surface area (Å²) in [5, 5.41) is 6.80. The summed E-state index contributed by atoms with van der Waals surface area (Å²) in [5.41, 5.74) is 2.40. The highest BCUT2D eigenvalue weighted by Crippen LogP contribution is 2.14. The van der Waals surface area contributed by atoms with Crippen LogP contribution in [-0.2, 0) is 17.9 Å². The maximum atomic E-state index is 5.84. The molecule has 0 spiro atoms. The van der Waals surface area contributed by atoms with Crippen LogP contribution < -0.4 is 15.5 Å². The predicted molar refractivity (Wildman–Crippen MR) is 143 cm³/mol. The SMILES string of the molecule is CN=C(NCc1ccnc(N2CCN(C)CC2)c1)NCC(C)COCc1ccccc1.I.